The molecule has 1 N–H and O–H groups in total. The summed E-state index contributed by atoms with van der Waals surface area (Å²) in [5.41, 5.74) is 5.43. The number of fused-ring (bicyclic) bond motifs is 1. The summed E-state index contributed by atoms with van der Waals surface area (Å²) in [5, 5.41) is 12.5. The second kappa shape index (κ2) is 8.75. The molecule has 3 rings (SSSR count). The number of aryl methyl sites for hydroxylation is 1. The Morgan fingerprint density at radius 1 is 1.27 bits per heavy atom. The van der Waals surface area contributed by atoms with Gasteiger partial charge in [0.05, 0.1) is 0 Å². The van der Waals surface area contributed by atoms with E-state index in [0.717, 1.165) is 36.2 Å². The van der Waals surface area contributed by atoms with Crippen LogP contribution >= 0.6 is 0 Å². The van der Waals surface area contributed by atoms with Gasteiger partial charge < -0.3 is 10.2 Å². The second-order valence-corrected chi connectivity index (χ2v) is 8.61. The predicted octanol–water partition coefficient (Wildman–Crippen LogP) is 5.91. The van der Waals surface area contributed by atoms with Crippen molar-refractivity contribution in [3.05, 3.63) is 64.7 Å². The zero-order chi connectivity index (χ0) is 21.9. The molecule has 2 aromatic rings. The van der Waals surface area contributed by atoms with E-state index in [1.54, 1.807) is 6.08 Å². The second-order valence-electron chi connectivity index (χ2n) is 8.61. The molecule has 1 unspecified atom stereocenters. The molecule has 0 saturated heterocycles. The standard InChI is InChI=1S/C26H31N3O/c1-6-20-10-8-9-11-23(20)28-25(30)21(17-27)14-19-12-13-24-22(15-19)18(3)16-26(4,5)29(24)7-2/h8-15,18H,6-7,16H2,1-5H3,(H,28,30)/b21-14+. The van der Waals surface area contributed by atoms with Crippen molar-refractivity contribution in [2.45, 2.75) is 58.9 Å². The molecule has 0 spiro atoms. The van der Waals surface area contributed by atoms with Crippen molar-refractivity contribution in [1.29, 1.82) is 5.26 Å². The van der Waals surface area contributed by atoms with Crippen LogP contribution in [0.1, 0.15) is 63.6 Å². The minimum atomic E-state index is -0.375. The average molecular weight is 402 g/mol. The van der Waals surface area contributed by atoms with Gasteiger partial charge in [-0.15, -0.1) is 0 Å². The van der Waals surface area contributed by atoms with Crippen molar-refractivity contribution in [2.24, 2.45) is 0 Å². The fourth-order valence-electron chi connectivity index (χ4n) is 4.65. The third-order valence-electron chi connectivity index (χ3n) is 6.05. The van der Waals surface area contributed by atoms with E-state index in [1.165, 1.54) is 11.3 Å². The molecule has 0 bridgehead atoms. The number of rotatable bonds is 5. The van der Waals surface area contributed by atoms with Crippen molar-refractivity contribution >= 4 is 23.4 Å². The van der Waals surface area contributed by atoms with Crippen LogP contribution in [0.15, 0.2) is 48.0 Å². The number of benzene rings is 2. The Balaban J connectivity index is 1.91. The van der Waals surface area contributed by atoms with Gasteiger partial charge in [0.1, 0.15) is 11.6 Å². The van der Waals surface area contributed by atoms with Gasteiger partial charge >= 0.3 is 0 Å². The molecule has 1 aliphatic heterocycles. The van der Waals surface area contributed by atoms with E-state index in [-0.39, 0.29) is 17.0 Å². The monoisotopic (exact) mass is 401 g/mol. The Kier molecular flexibility index (Phi) is 6.31. The van der Waals surface area contributed by atoms with E-state index in [1.807, 2.05) is 37.3 Å². The predicted molar refractivity (Wildman–Crippen MR) is 125 cm³/mol. The molecular weight excluding hydrogens is 370 g/mol. The fraction of sp³-hybridized carbons (Fsp3) is 0.385. The van der Waals surface area contributed by atoms with E-state index in [9.17, 15) is 10.1 Å². The van der Waals surface area contributed by atoms with Crippen LogP contribution in [-0.4, -0.2) is 18.0 Å². The molecular formula is C26H31N3O. The minimum absolute atomic E-state index is 0.108. The highest BCUT2D eigenvalue weighted by Crippen LogP contribution is 2.43. The molecule has 1 aliphatic rings. The molecule has 4 nitrogen and oxygen atoms in total. The number of hydrogen-bond acceptors (Lipinski definition) is 3. The number of carbonyl (C=O) groups excluding carboxylic acids is 1. The zero-order valence-corrected chi connectivity index (χ0v) is 18.6. The fourth-order valence-corrected chi connectivity index (χ4v) is 4.65. The Morgan fingerprint density at radius 3 is 2.67 bits per heavy atom. The maximum atomic E-state index is 12.7. The smallest absolute Gasteiger partial charge is 0.266 e. The summed E-state index contributed by atoms with van der Waals surface area (Å²) < 4.78 is 0. The van der Waals surface area contributed by atoms with Gasteiger partial charge in [0.25, 0.3) is 5.91 Å². The molecule has 0 radical (unpaired) electrons. The van der Waals surface area contributed by atoms with Crippen LogP contribution in [0.25, 0.3) is 6.08 Å². The Morgan fingerprint density at radius 2 is 2.00 bits per heavy atom. The van der Waals surface area contributed by atoms with Gasteiger partial charge in [-0.2, -0.15) is 5.26 Å². The highest BCUT2D eigenvalue weighted by Gasteiger charge is 2.35. The first-order valence-corrected chi connectivity index (χ1v) is 10.7. The quantitative estimate of drug-likeness (QED) is 0.501. The molecule has 4 heteroatoms. The molecule has 156 valence electrons. The first-order valence-electron chi connectivity index (χ1n) is 10.7. The van der Waals surface area contributed by atoms with Crippen molar-refractivity contribution < 1.29 is 4.79 Å². The van der Waals surface area contributed by atoms with Crippen LogP contribution in [-0.2, 0) is 11.2 Å². The summed E-state index contributed by atoms with van der Waals surface area (Å²) >= 11 is 0. The molecule has 30 heavy (non-hydrogen) atoms. The molecule has 0 aliphatic carbocycles. The van der Waals surface area contributed by atoms with Gasteiger partial charge in [-0.05, 0) is 80.5 Å². The van der Waals surface area contributed by atoms with E-state index in [4.69, 9.17) is 0 Å². The highest BCUT2D eigenvalue weighted by molar-refractivity contribution is 6.10. The molecule has 0 aromatic heterocycles. The molecule has 2 aromatic carbocycles. The number of hydrogen-bond donors (Lipinski definition) is 1. The summed E-state index contributed by atoms with van der Waals surface area (Å²) in [6.45, 7) is 12.0. The topological polar surface area (TPSA) is 56.1 Å². The van der Waals surface area contributed by atoms with Crippen molar-refractivity contribution in [3.8, 4) is 6.07 Å². The first-order chi connectivity index (χ1) is 14.3. The molecule has 1 heterocycles. The van der Waals surface area contributed by atoms with Crippen LogP contribution in [0.5, 0.6) is 0 Å². The van der Waals surface area contributed by atoms with Gasteiger partial charge in [0, 0.05) is 23.5 Å². The summed E-state index contributed by atoms with van der Waals surface area (Å²) in [5.74, 6) is 0.0439. The van der Waals surface area contributed by atoms with Crippen molar-refractivity contribution in [3.63, 3.8) is 0 Å². The lowest BCUT2D eigenvalue weighted by molar-refractivity contribution is -0.112. The van der Waals surface area contributed by atoms with Crippen LogP contribution in [0, 0.1) is 11.3 Å². The SMILES string of the molecule is CCc1ccccc1NC(=O)/C(C#N)=C/c1ccc2c(c1)C(C)CC(C)(C)N2CC. The third kappa shape index (κ3) is 4.26. The maximum Gasteiger partial charge on any atom is 0.266 e. The highest BCUT2D eigenvalue weighted by atomic mass is 16.1. The molecule has 1 amide bonds. The first kappa shape index (κ1) is 21.6. The number of nitriles is 1. The summed E-state index contributed by atoms with van der Waals surface area (Å²) in [6.07, 6.45) is 3.57. The largest absolute Gasteiger partial charge is 0.366 e. The Hall–Kier alpha value is -3.06. The van der Waals surface area contributed by atoms with Gasteiger partial charge in [0.2, 0.25) is 0 Å². The van der Waals surface area contributed by atoms with Gasteiger partial charge in [-0.25, -0.2) is 0 Å². The maximum absolute atomic E-state index is 12.7. The molecule has 1 atom stereocenters. The molecule has 0 fully saturated rings. The average Bonchev–Trinajstić information content (AvgIpc) is 2.72. The summed E-state index contributed by atoms with van der Waals surface area (Å²) in [6, 6.07) is 16.0. The summed E-state index contributed by atoms with van der Waals surface area (Å²) in [4.78, 5) is 15.2. The zero-order valence-electron chi connectivity index (χ0n) is 18.6. The lowest BCUT2D eigenvalue weighted by atomic mass is 9.79. The van der Waals surface area contributed by atoms with Gasteiger partial charge in [0.15, 0.2) is 0 Å². The Labute approximate surface area is 180 Å². The van der Waals surface area contributed by atoms with Crippen molar-refractivity contribution in [2.75, 3.05) is 16.8 Å². The third-order valence-corrected chi connectivity index (χ3v) is 6.05. The van der Waals surface area contributed by atoms with Crippen LogP contribution < -0.4 is 10.2 Å². The number of nitrogens with zero attached hydrogens (tertiary/aromatic N) is 2. The van der Waals surface area contributed by atoms with E-state index in [2.05, 4.69) is 56.1 Å². The minimum Gasteiger partial charge on any atom is -0.366 e. The van der Waals surface area contributed by atoms with Crippen molar-refractivity contribution in [1.82, 2.24) is 0 Å². The lowest BCUT2D eigenvalue weighted by Crippen LogP contribution is -2.48. The van der Waals surface area contributed by atoms with E-state index < -0.39 is 0 Å². The van der Waals surface area contributed by atoms with Gasteiger partial charge in [-0.3, -0.25) is 4.79 Å². The molecule has 0 saturated carbocycles. The Bertz CT molecular complexity index is 1010. The number of para-hydroxylation sites is 1. The number of nitrogens with one attached hydrogen (secondary N) is 1. The van der Waals surface area contributed by atoms with Gasteiger partial charge in [-0.1, -0.05) is 38.1 Å². The number of amides is 1. The normalized spacial score (nSPS) is 17.8. The number of anilines is 2. The lowest BCUT2D eigenvalue weighted by Gasteiger charge is -2.47. The van der Waals surface area contributed by atoms with Crippen LogP contribution in [0.4, 0.5) is 11.4 Å². The van der Waals surface area contributed by atoms with Crippen LogP contribution in [0.2, 0.25) is 0 Å². The van der Waals surface area contributed by atoms with Crippen LogP contribution in [0.3, 0.4) is 0 Å². The number of carbonyl (C=O) groups is 1. The van der Waals surface area contributed by atoms with E-state index >= 15 is 0 Å². The van der Waals surface area contributed by atoms with E-state index in [0.29, 0.717) is 5.92 Å². The summed E-state index contributed by atoms with van der Waals surface area (Å²) in [7, 11) is 0.